The van der Waals surface area contributed by atoms with E-state index >= 15 is 0 Å². The monoisotopic (exact) mass is 265 g/mol. The van der Waals surface area contributed by atoms with Gasteiger partial charge in [-0.25, -0.2) is 0 Å². The van der Waals surface area contributed by atoms with Crippen LogP contribution < -0.4 is 4.90 Å². The third kappa shape index (κ3) is 4.24. The van der Waals surface area contributed by atoms with E-state index in [4.69, 9.17) is 9.84 Å². The molecule has 0 saturated heterocycles. The number of carboxylic acids is 1. The quantitative estimate of drug-likeness (QED) is 0.823. The van der Waals surface area contributed by atoms with Gasteiger partial charge in [-0.2, -0.15) is 0 Å². The van der Waals surface area contributed by atoms with Crippen molar-refractivity contribution in [1.82, 2.24) is 0 Å². The number of carbonyl (C=O) groups is 1. The lowest BCUT2D eigenvalue weighted by atomic mass is 10.1. The summed E-state index contributed by atoms with van der Waals surface area (Å²) in [7, 11) is 1.67. The molecule has 2 unspecified atom stereocenters. The fourth-order valence-corrected chi connectivity index (χ4v) is 2.10. The lowest BCUT2D eigenvalue weighted by Gasteiger charge is -2.35. The average Bonchev–Trinajstić information content (AvgIpc) is 2.39. The van der Waals surface area contributed by atoms with E-state index in [9.17, 15) is 4.79 Å². The van der Waals surface area contributed by atoms with Crippen molar-refractivity contribution in [2.24, 2.45) is 0 Å². The number of nitrogens with zero attached hydrogens (tertiary/aromatic N) is 1. The Bertz CT molecular complexity index is 420. The molecule has 0 amide bonds. The second kappa shape index (κ2) is 7.14. The molecule has 1 N–H and O–H groups in total. The number of para-hydroxylation sites is 1. The lowest BCUT2D eigenvalue weighted by Crippen LogP contribution is -2.42. The van der Waals surface area contributed by atoms with Crippen LogP contribution in [0.5, 0.6) is 0 Å². The van der Waals surface area contributed by atoms with Crippen molar-refractivity contribution < 1.29 is 14.6 Å². The number of hydrogen-bond acceptors (Lipinski definition) is 3. The van der Waals surface area contributed by atoms with E-state index in [2.05, 4.69) is 11.8 Å². The first-order valence-corrected chi connectivity index (χ1v) is 6.54. The summed E-state index contributed by atoms with van der Waals surface area (Å²) in [6, 6.07) is 8.13. The van der Waals surface area contributed by atoms with Gasteiger partial charge in [0.25, 0.3) is 0 Å². The zero-order valence-electron chi connectivity index (χ0n) is 12.1. The lowest BCUT2D eigenvalue weighted by molar-refractivity contribution is -0.136. The Balaban J connectivity index is 2.98. The van der Waals surface area contributed by atoms with Crippen molar-refractivity contribution in [3.63, 3.8) is 0 Å². The van der Waals surface area contributed by atoms with Crippen molar-refractivity contribution in [1.29, 1.82) is 0 Å². The first kappa shape index (κ1) is 15.5. The second-order valence-corrected chi connectivity index (χ2v) is 4.81. The number of carboxylic acid groups (broad SMARTS) is 1. The summed E-state index contributed by atoms with van der Waals surface area (Å²) < 4.78 is 5.37. The van der Waals surface area contributed by atoms with Gasteiger partial charge >= 0.3 is 5.97 Å². The van der Waals surface area contributed by atoms with E-state index in [1.807, 2.05) is 38.1 Å². The Hall–Kier alpha value is -1.55. The Morgan fingerprint density at radius 1 is 1.37 bits per heavy atom. The number of benzene rings is 1. The zero-order chi connectivity index (χ0) is 14.4. The van der Waals surface area contributed by atoms with Gasteiger partial charge in [0.1, 0.15) is 0 Å². The first-order chi connectivity index (χ1) is 8.97. The van der Waals surface area contributed by atoms with Crippen LogP contribution >= 0.6 is 0 Å². The number of aliphatic carboxylic acids is 1. The molecule has 19 heavy (non-hydrogen) atoms. The molecule has 1 aromatic rings. The van der Waals surface area contributed by atoms with Crippen LogP contribution in [0.3, 0.4) is 0 Å². The minimum atomic E-state index is -0.782. The number of anilines is 1. The van der Waals surface area contributed by atoms with Crippen LogP contribution in [-0.2, 0) is 9.53 Å². The molecule has 0 fully saturated rings. The van der Waals surface area contributed by atoms with E-state index < -0.39 is 5.97 Å². The SMILES string of the molecule is COC(C)C(C)N(CCC(=O)O)c1ccccc1C. The molecule has 4 heteroatoms. The van der Waals surface area contributed by atoms with Crippen LogP contribution in [0, 0.1) is 6.92 Å². The maximum absolute atomic E-state index is 10.8. The van der Waals surface area contributed by atoms with Crippen molar-refractivity contribution in [2.75, 3.05) is 18.6 Å². The van der Waals surface area contributed by atoms with Gasteiger partial charge < -0.3 is 14.7 Å². The standard InChI is InChI=1S/C15H23NO3/c1-11-7-5-6-8-14(11)16(10-9-15(17)18)12(2)13(3)19-4/h5-8,12-13H,9-10H2,1-4H3,(H,17,18). The largest absolute Gasteiger partial charge is 0.481 e. The molecule has 0 saturated carbocycles. The summed E-state index contributed by atoms with van der Waals surface area (Å²) in [5.41, 5.74) is 2.21. The van der Waals surface area contributed by atoms with Gasteiger partial charge in [-0.3, -0.25) is 4.79 Å². The smallest absolute Gasteiger partial charge is 0.305 e. The van der Waals surface area contributed by atoms with E-state index in [1.165, 1.54) is 0 Å². The molecule has 1 aromatic carbocycles. The van der Waals surface area contributed by atoms with Gasteiger partial charge in [-0.1, -0.05) is 18.2 Å². The highest BCUT2D eigenvalue weighted by Crippen LogP contribution is 2.23. The van der Waals surface area contributed by atoms with Crippen LogP contribution in [-0.4, -0.2) is 36.9 Å². The molecule has 106 valence electrons. The third-order valence-electron chi connectivity index (χ3n) is 3.53. The minimum absolute atomic E-state index is 0.0356. The molecule has 0 radical (unpaired) electrons. The topological polar surface area (TPSA) is 49.8 Å². The fraction of sp³-hybridized carbons (Fsp3) is 0.533. The highest BCUT2D eigenvalue weighted by molar-refractivity contribution is 5.68. The van der Waals surface area contributed by atoms with E-state index in [-0.39, 0.29) is 18.6 Å². The Morgan fingerprint density at radius 2 is 2.00 bits per heavy atom. The molecule has 0 aliphatic carbocycles. The Kier molecular flexibility index (Phi) is 5.83. The molecule has 2 atom stereocenters. The van der Waals surface area contributed by atoms with Crippen LogP contribution in [0.4, 0.5) is 5.69 Å². The number of hydrogen-bond donors (Lipinski definition) is 1. The highest BCUT2D eigenvalue weighted by atomic mass is 16.5. The summed E-state index contributed by atoms with van der Waals surface area (Å²) in [4.78, 5) is 12.9. The van der Waals surface area contributed by atoms with Gasteiger partial charge in [-0.15, -0.1) is 0 Å². The minimum Gasteiger partial charge on any atom is -0.481 e. The zero-order valence-corrected chi connectivity index (χ0v) is 12.1. The Morgan fingerprint density at radius 3 is 2.53 bits per heavy atom. The molecule has 0 heterocycles. The number of methoxy groups -OCH3 is 1. The molecule has 1 rings (SSSR count). The normalized spacial score (nSPS) is 13.9. The third-order valence-corrected chi connectivity index (χ3v) is 3.53. The summed E-state index contributed by atoms with van der Waals surface area (Å²) in [5, 5.41) is 8.90. The van der Waals surface area contributed by atoms with Crippen molar-refractivity contribution >= 4 is 11.7 Å². The van der Waals surface area contributed by atoms with Crippen LogP contribution in [0.1, 0.15) is 25.8 Å². The molecule has 0 aliphatic rings. The average molecular weight is 265 g/mol. The van der Waals surface area contributed by atoms with Crippen molar-refractivity contribution in [2.45, 2.75) is 39.3 Å². The number of ether oxygens (including phenoxy) is 1. The maximum atomic E-state index is 10.8. The van der Waals surface area contributed by atoms with E-state index in [0.29, 0.717) is 6.54 Å². The number of rotatable bonds is 7. The second-order valence-electron chi connectivity index (χ2n) is 4.81. The summed E-state index contributed by atoms with van der Waals surface area (Å²) in [6.45, 7) is 6.57. The fourth-order valence-electron chi connectivity index (χ4n) is 2.10. The van der Waals surface area contributed by atoms with Gasteiger partial charge in [0.05, 0.1) is 18.6 Å². The molecule has 0 aliphatic heterocycles. The maximum Gasteiger partial charge on any atom is 0.305 e. The molecule has 0 bridgehead atoms. The van der Waals surface area contributed by atoms with E-state index in [0.717, 1.165) is 11.3 Å². The van der Waals surface area contributed by atoms with Crippen LogP contribution in [0.25, 0.3) is 0 Å². The van der Waals surface area contributed by atoms with Crippen molar-refractivity contribution in [3.8, 4) is 0 Å². The van der Waals surface area contributed by atoms with Gasteiger partial charge in [-0.05, 0) is 32.4 Å². The van der Waals surface area contributed by atoms with Gasteiger partial charge in [0, 0.05) is 19.3 Å². The highest BCUT2D eigenvalue weighted by Gasteiger charge is 2.22. The molecular weight excluding hydrogens is 242 g/mol. The van der Waals surface area contributed by atoms with Gasteiger partial charge in [0.2, 0.25) is 0 Å². The van der Waals surface area contributed by atoms with Crippen molar-refractivity contribution in [3.05, 3.63) is 29.8 Å². The summed E-state index contributed by atoms with van der Waals surface area (Å²) in [6.07, 6.45) is 0.156. The Labute approximate surface area is 115 Å². The molecule has 4 nitrogen and oxygen atoms in total. The molecular formula is C15H23NO3. The van der Waals surface area contributed by atoms with E-state index in [1.54, 1.807) is 7.11 Å². The molecule has 0 aromatic heterocycles. The van der Waals surface area contributed by atoms with Crippen LogP contribution in [0.2, 0.25) is 0 Å². The molecule has 0 spiro atoms. The van der Waals surface area contributed by atoms with Crippen LogP contribution in [0.15, 0.2) is 24.3 Å². The predicted molar refractivity (Wildman–Crippen MR) is 76.7 cm³/mol. The number of aryl methyl sites for hydroxylation is 1. The van der Waals surface area contributed by atoms with Gasteiger partial charge in [0.15, 0.2) is 0 Å². The predicted octanol–water partition coefficient (Wildman–Crippen LogP) is 2.70. The first-order valence-electron chi connectivity index (χ1n) is 6.54. The summed E-state index contributed by atoms with van der Waals surface area (Å²) in [5.74, 6) is -0.782. The summed E-state index contributed by atoms with van der Waals surface area (Å²) >= 11 is 0.